The van der Waals surface area contributed by atoms with Gasteiger partial charge < -0.3 is 14.2 Å². The average Bonchev–Trinajstić information content (AvgIpc) is 3.47. The molecule has 0 aliphatic heterocycles. The van der Waals surface area contributed by atoms with Gasteiger partial charge in [0.05, 0.1) is 0 Å². The predicted molar refractivity (Wildman–Crippen MR) is 353 cm³/mol. The highest BCUT2D eigenvalue weighted by Crippen LogP contribution is 2.19. The molecule has 81 heavy (non-hydrogen) atoms. The van der Waals surface area contributed by atoms with Crippen molar-refractivity contribution < 1.29 is 28.6 Å². The maximum absolute atomic E-state index is 12.9. The molecule has 0 aromatic rings. The van der Waals surface area contributed by atoms with E-state index in [1.165, 1.54) is 270 Å². The van der Waals surface area contributed by atoms with Crippen molar-refractivity contribution in [2.45, 2.75) is 399 Å². The number of allylic oxidation sites excluding steroid dienone is 8. The minimum absolute atomic E-state index is 0.0645. The quantitative estimate of drug-likeness (QED) is 0.0261. The smallest absolute Gasteiger partial charge is 0.306 e. The second-order valence-electron chi connectivity index (χ2n) is 24.5. The Labute approximate surface area is 505 Å². The van der Waals surface area contributed by atoms with Crippen molar-refractivity contribution in [3.63, 3.8) is 0 Å². The monoisotopic (exact) mass is 1140 g/mol. The molecular weight excluding hydrogens is 997 g/mol. The van der Waals surface area contributed by atoms with Gasteiger partial charge in [-0.1, -0.05) is 365 Å². The number of unbranched alkanes of at least 4 members (excludes halogenated alkanes) is 48. The fourth-order valence-corrected chi connectivity index (χ4v) is 11.0. The van der Waals surface area contributed by atoms with Crippen LogP contribution in [0.5, 0.6) is 0 Å². The number of hydrogen-bond acceptors (Lipinski definition) is 6. The van der Waals surface area contributed by atoms with Crippen molar-refractivity contribution in [3.8, 4) is 0 Å². The summed E-state index contributed by atoms with van der Waals surface area (Å²) in [6.45, 7) is 6.58. The van der Waals surface area contributed by atoms with Gasteiger partial charge in [0.2, 0.25) is 0 Å². The summed E-state index contributed by atoms with van der Waals surface area (Å²) < 4.78 is 16.9. The summed E-state index contributed by atoms with van der Waals surface area (Å²) in [7, 11) is 0. The van der Waals surface area contributed by atoms with E-state index in [4.69, 9.17) is 14.2 Å². The van der Waals surface area contributed by atoms with Crippen molar-refractivity contribution in [1.29, 1.82) is 0 Å². The first-order valence-corrected chi connectivity index (χ1v) is 36.1. The minimum Gasteiger partial charge on any atom is -0.462 e. The molecule has 6 heteroatoms. The molecule has 0 heterocycles. The number of esters is 3. The Morgan fingerprint density at radius 3 is 0.753 bits per heavy atom. The second-order valence-corrected chi connectivity index (χ2v) is 24.5. The van der Waals surface area contributed by atoms with Gasteiger partial charge in [-0.2, -0.15) is 0 Å². The van der Waals surface area contributed by atoms with Crippen molar-refractivity contribution in [2.75, 3.05) is 13.2 Å². The zero-order valence-corrected chi connectivity index (χ0v) is 54.6. The van der Waals surface area contributed by atoms with Gasteiger partial charge in [0.1, 0.15) is 13.2 Å². The van der Waals surface area contributed by atoms with Crippen LogP contribution in [0, 0.1) is 0 Å². The molecule has 0 amide bonds. The van der Waals surface area contributed by atoms with Gasteiger partial charge in [0.25, 0.3) is 0 Å². The Morgan fingerprint density at radius 2 is 0.481 bits per heavy atom. The van der Waals surface area contributed by atoms with Crippen molar-refractivity contribution >= 4 is 17.9 Å². The molecule has 0 spiro atoms. The van der Waals surface area contributed by atoms with Gasteiger partial charge in [0.15, 0.2) is 6.10 Å². The molecule has 0 aromatic heterocycles. The zero-order chi connectivity index (χ0) is 58.5. The van der Waals surface area contributed by atoms with Crippen LogP contribution in [0.25, 0.3) is 0 Å². The number of carbonyl (C=O) groups is 3. The fraction of sp³-hybridized carbons (Fsp3) is 0.853. The molecule has 0 radical (unpaired) electrons. The van der Waals surface area contributed by atoms with E-state index in [-0.39, 0.29) is 31.1 Å². The van der Waals surface area contributed by atoms with E-state index < -0.39 is 6.10 Å². The lowest BCUT2D eigenvalue weighted by Crippen LogP contribution is -2.30. The van der Waals surface area contributed by atoms with E-state index >= 15 is 0 Å². The van der Waals surface area contributed by atoms with Gasteiger partial charge in [0, 0.05) is 19.3 Å². The molecule has 0 aliphatic carbocycles. The van der Waals surface area contributed by atoms with Crippen LogP contribution >= 0.6 is 0 Å². The largest absolute Gasteiger partial charge is 0.462 e. The third-order valence-electron chi connectivity index (χ3n) is 16.3. The molecule has 0 aromatic carbocycles. The van der Waals surface area contributed by atoms with Gasteiger partial charge in [-0.05, 0) is 57.8 Å². The summed E-state index contributed by atoms with van der Waals surface area (Å²) in [4.78, 5) is 38.3. The molecule has 0 fully saturated rings. The maximum atomic E-state index is 12.9. The Bertz CT molecular complexity index is 1400. The molecule has 0 rings (SSSR count). The maximum Gasteiger partial charge on any atom is 0.306 e. The number of hydrogen-bond donors (Lipinski definition) is 0. The molecule has 1 unspecified atom stereocenters. The molecule has 0 saturated heterocycles. The third kappa shape index (κ3) is 68.0. The topological polar surface area (TPSA) is 78.9 Å². The summed E-state index contributed by atoms with van der Waals surface area (Å²) in [6, 6.07) is 0. The first-order valence-electron chi connectivity index (χ1n) is 36.1. The van der Waals surface area contributed by atoms with E-state index in [0.717, 1.165) is 83.5 Å². The van der Waals surface area contributed by atoms with Crippen LogP contribution in [-0.4, -0.2) is 37.2 Å². The van der Waals surface area contributed by atoms with E-state index in [9.17, 15) is 14.4 Å². The van der Waals surface area contributed by atoms with Crippen LogP contribution < -0.4 is 0 Å². The summed E-state index contributed by atoms with van der Waals surface area (Å²) in [5.41, 5.74) is 0. The first kappa shape index (κ1) is 78.4. The first-order chi connectivity index (χ1) is 40.0. The number of carbonyl (C=O) groups excluding carboxylic acids is 3. The second kappa shape index (κ2) is 69.9. The lowest BCUT2D eigenvalue weighted by atomic mass is 10.0. The summed E-state index contributed by atoms with van der Waals surface area (Å²) in [5.74, 6) is -0.837. The van der Waals surface area contributed by atoms with E-state index in [1.807, 2.05) is 0 Å². The van der Waals surface area contributed by atoms with Crippen LogP contribution in [0.1, 0.15) is 393 Å². The molecular formula is C75H138O6. The number of ether oxygens (including phenoxy) is 3. The summed E-state index contributed by atoms with van der Waals surface area (Å²) in [5, 5.41) is 0. The highest BCUT2D eigenvalue weighted by atomic mass is 16.6. The van der Waals surface area contributed by atoms with Gasteiger partial charge in [-0.3, -0.25) is 14.4 Å². The SMILES string of the molecule is CC/C=C\C/C=C\C/C=C\C/C=C\CCCCCCCCCCCCCCCCCCCCCCCCC(=O)OCC(COC(=O)CCCCCCCCCCC)OC(=O)CCCCCCCCCCCCCCCCCCCCC. The van der Waals surface area contributed by atoms with Crippen molar-refractivity contribution in [1.82, 2.24) is 0 Å². The van der Waals surface area contributed by atoms with Crippen LogP contribution in [0.4, 0.5) is 0 Å². The van der Waals surface area contributed by atoms with Crippen LogP contribution in [0.15, 0.2) is 48.6 Å². The molecule has 0 saturated carbocycles. The van der Waals surface area contributed by atoms with Crippen LogP contribution in [0.3, 0.4) is 0 Å². The molecule has 474 valence electrons. The summed E-state index contributed by atoms with van der Waals surface area (Å²) >= 11 is 0. The average molecular weight is 1140 g/mol. The molecule has 0 N–H and O–H groups in total. The molecule has 0 aliphatic rings. The van der Waals surface area contributed by atoms with Crippen molar-refractivity contribution in [2.24, 2.45) is 0 Å². The Morgan fingerprint density at radius 1 is 0.259 bits per heavy atom. The summed E-state index contributed by atoms with van der Waals surface area (Å²) in [6.07, 6.45) is 88.9. The van der Waals surface area contributed by atoms with Crippen LogP contribution in [-0.2, 0) is 28.6 Å². The van der Waals surface area contributed by atoms with E-state index in [2.05, 4.69) is 69.4 Å². The lowest BCUT2D eigenvalue weighted by Gasteiger charge is -2.18. The highest BCUT2D eigenvalue weighted by Gasteiger charge is 2.19. The molecule has 0 bridgehead atoms. The Kier molecular flexibility index (Phi) is 67.6. The Balaban J connectivity index is 4.00. The molecule has 1 atom stereocenters. The molecule has 6 nitrogen and oxygen atoms in total. The predicted octanol–water partition coefficient (Wildman–Crippen LogP) is 24.9. The zero-order valence-electron chi connectivity index (χ0n) is 54.6. The van der Waals surface area contributed by atoms with Gasteiger partial charge in [-0.15, -0.1) is 0 Å². The number of rotatable bonds is 67. The van der Waals surface area contributed by atoms with Crippen molar-refractivity contribution in [3.05, 3.63) is 48.6 Å². The van der Waals surface area contributed by atoms with E-state index in [1.54, 1.807) is 0 Å². The normalized spacial score (nSPS) is 12.3. The van der Waals surface area contributed by atoms with E-state index in [0.29, 0.717) is 19.3 Å². The van der Waals surface area contributed by atoms with Crippen LogP contribution in [0.2, 0.25) is 0 Å². The Hall–Kier alpha value is -2.63. The third-order valence-corrected chi connectivity index (χ3v) is 16.3. The van der Waals surface area contributed by atoms with Gasteiger partial charge in [-0.25, -0.2) is 0 Å². The fourth-order valence-electron chi connectivity index (χ4n) is 11.0. The highest BCUT2D eigenvalue weighted by molar-refractivity contribution is 5.71. The standard InChI is InChI=1S/C75H138O6/c1-4-7-10-13-16-19-21-23-25-27-29-30-31-32-33-34-35-36-37-38-39-40-41-42-43-44-46-47-49-51-53-56-59-62-65-68-74(77)80-71-72(70-79-73(76)67-64-61-58-55-18-15-12-9-6-3)81-75(78)69-66-63-60-57-54-52-50-48-45-28-26-24-22-20-17-14-11-8-5-2/h7,10,16,19,23,25,29-30,72H,4-6,8-9,11-15,17-18,20-22,24,26-28,31-71H2,1-3H3/b10-7-,19-16-,25-23-,30-29-. The van der Waals surface area contributed by atoms with Gasteiger partial charge >= 0.3 is 17.9 Å². The minimum atomic E-state index is -0.766. The lowest BCUT2D eigenvalue weighted by molar-refractivity contribution is -0.167.